The minimum absolute atomic E-state index is 0.297. The molecule has 0 amide bonds. The third-order valence-electron chi connectivity index (χ3n) is 6.18. The Labute approximate surface area is 98.3 Å². The van der Waals surface area contributed by atoms with Crippen molar-refractivity contribution in [2.75, 3.05) is 0 Å². The molecule has 0 aromatic carbocycles. The lowest BCUT2D eigenvalue weighted by atomic mass is 9.68. The predicted molar refractivity (Wildman–Crippen MR) is 65.0 cm³/mol. The first kappa shape index (κ1) is 10.6. The van der Waals surface area contributed by atoms with Crippen LogP contribution >= 0.6 is 0 Å². The number of fused-ring (bicyclic) bond motifs is 1. The van der Waals surface area contributed by atoms with Gasteiger partial charge < -0.3 is 0 Å². The molecular weight excluding hydrogens is 196 g/mol. The van der Waals surface area contributed by atoms with Crippen LogP contribution in [-0.2, 0) is 4.79 Å². The van der Waals surface area contributed by atoms with Crippen LogP contribution in [0.25, 0.3) is 0 Å². The first-order valence-corrected chi connectivity index (χ1v) is 6.59. The average Bonchev–Trinajstić information content (AvgIpc) is 2.57. The zero-order valence-corrected chi connectivity index (χ0v) is 10.8. The van der Waals surface area contributed by atoms with Gasteiger partial charge in [0.1, 0.15) is 5.78 Å². The Kier molecular flexibility index (Phi) is 1.85. The van der Waals surface area contributed by atoms with Crippen LogP contribution in [0, 0.1) is 28.6 Å². The minimum Gasteiger partial charge on any atom is -0.299 e. The van der Waals surface area contributed by atoms with Crippen LogP contribution in [0.5, 0.6) is 0 Å². The van der Waals surface area contributed by atoms with Crippen LogP contribution in [-0.4, -0.2) is 5.78 Å². The Bertz CT molecular complexity index is 390. The van der Waals surface area contributed by atoms with E-state index in [1.165, 1.54) is 6.42 Å². The normalized spacial score (nSPS) is 49.1. The Balaban J connectivity index is 2.14. The van der Waals surface area contributed by atoms with E-state index in [0.717, 1.165) is 18.8 Å². The third kappa shape index (κ3) is 0.959. The number of allylic oxidation sites excluding steroid dienone is 2. The average molecular weight is 218 g/mol. The van der Waals surface area contributed by atoms with E-state index in [0.29, 0.717) is 28.4 Å². The summed E-state index contributed by atoms with van der Waals surface area (Å²) in [6.07, 6.45) is 5.67. The number of Topliss-reactive ketones (excluding diaryl/α,β-unsaturated/α-hetero) is 1. The van der Waals surface area contributed by atoms with Crippen molar-refractivity contribution >= 4 is 5.78 Å². The van der Waals surface area contributed by atoms with Gasteiger partial charge in [-0.3, -0.25) is 4.79 Å². The molecule has 4 atom stereocenters. The third-order valence-corrected chi connectivity index (χ3v) is 6.18. The van der Waals surface area contributed by atoms with Gasteiger partial charge in [0.2, 0.25) is 0 Å². The highest BCUT2D eigenvalue weighted by molar-refractivity contribution is 5.85. The molecule has 0 aromatic heterocycles. The molecule has 1 heteroatoms. The molecule has 4 unspecified atom stereocenters. The summed E-state index contributed by atoms with van der Waals surface area (Å²) in [6.45, 7) is 9.23. The molecule has 3 rings (SSSR count). The van der Waals surface area contributed by atoms with E-state index in [9.17, 15) is 4.79 Å². The topological polar surface area (TPSA) is 17.1 Å². The van der Waals surface area contributed by atoms with E-state index in [-0.39, 0.29) is 0 Å². The fraction of sp³-hybridized carbons (Fsp3) is 0.800. The smallest absolute Gasteiger partial charge is 0.136 e. The molecule has 88 valence electrons. The van der Waals surface area contributed by atoms with Crippen LogP contribution in [0.4, 0.5) is 0 Å². The van der Waals surface area contributed by atoms with Crippen molar-refractivity contribution in [3.05, 3.63) is 11.6 Å². The molecule has 0 N–H and O–H groups in total. The fourth-order valence-corrected chi connectivity index (χ4v) is 5.06. The lowest BCUT2D eigenvalue weighted by molar-refractivity contribution is -0.122. The van der Waals surface area contributed by atoms with E-state index in [2.05, 4.69) is 33.8 Å². The van der Waals surface area contributed by atoms with Crippen molar-refractivity contribution in [1.29, 1.82) is 0 Å². The molecule has 3 aliphatic carbocycles. The predicted octanol–water partition coefficient (Wildman–Crippen LogP) is 3.59. The lowest BCUT2D eigenvalue weighted by Gasteiger charge is -2.35. The van der Waals surface area contributed by atoms with Gasteiger partial charge in [0.15, 0.2) is 0 Å². The van der Waals surface area contributed by atoms with Crippen molar-refractivity contribution in [1.82, 2.24) is 0 Å². The van der Waals surface area contributed by atoms with Crippen LogP contribution in [0.3, 0.4) is 0 Å². The Morgan fingerprint density at radius 1 is 1.38 bits per heavy atom. The van der Waals surface area contributed by atoms with Crippen molar-refractivity contribution in [2.24, 2.45) is 28.6 Å². The first-order chi connectivity index (χ1) is 7.39. The van der Waals surface area contributed by atoms with Crippen LogP contribution < -0.4 is 0 Å². The van der Waals surface area contributed by atoms with E-state index < -0.39 is 0 Å². The van der Waals surface area contributed by atoms with Gasteiger partial charge >= 0.3 is 0 Å². The Hall–Kier alpha value is -0.590. The number of ketones is 1. The van der Waals surface area contributed by atoms with E-state index in [4.69, 9.17) is 0 Å². The molecule has 2 bridgehead atoms. The highest BCUT2D eigenvalue weighted by Gasteiger charge is 2.65. The number of hydrogen-bond acceptors (Lipinski definition) is 1. The molecule has 3 aliphatic rings. The van der Waals surface area contributed by atoms with Gasteiger partial charge in [0.05, 0.1) is 0 Å². The summed E-state index contributed by atoms with van der Waals surface area (Å²) in [4.78, 5) is 12.0. The monoisotopic (exact) mass is 218 g/mol. The lowest BCUT2D eigenvalue weighted by Crippen LogP contribution is -2.30. The fourth-order valence-electron chi connectivity index (χ4n) is 5.06. The van der Waals surface area contributed by atoms with E-state index in [1.54, 1.807) is 5.57 Å². The van der Waals surface area contributed by atoms with Gasteiger partial charge in [0.25, 0.3) is 0 Å². The molecule has 1 nitrogen and oxygen atoms in total. The second-order valence-corrected chi connectivity index (χ2v) is 6.91. The summed E-state index contributed by atoms with van der Waals surface area (Å²) in [5, 5.41) is 0. The maximum absolute atomic E-state index is 12.0. The zero-order chi connectivity index (χ0) is 11.7. The number of rotatable bonds is 0. The maximum Gasteiger partial charge on any atom is 0.136 e. The molecule has 0 saturated heterocycles. The Morgan fingerprint density at radius 3 is 2.75 bits per heavy atom. The van der Waals surface area contributed by atoms with Crippen LogP contribution in [0.1, 0.15) is 47.0 Å². The van der Waals surface area contributed by atoms with Crippen LogP contribution in [0.15, 0.2) is 11.6 Å². The molecular formula is C15H22O. The summed E-state index contributed by atoms with van der Waals surface area (Å²) in [6, 6.07) is 0. The van der Waals surface area contributed by atoms with Gasteiger partial charge in [-0.1, -0.05) is 32.4 Å². The summed E-state index contributed by atoms with van der Waals surface area (Å²) in [5.41, 5.74) is 2.23. The van der Waals surface area contributed by atoms with E-state index in [1.807, 2.05) is 0 Å². The minimum atomic E-state index is 0.297. The van der Waals surface area contributed by atoms with Gasteiger partial charge in [0, 0.05) is 12.3 Å². The van der Waals surface area contributed by atoms with Crippen molar-refractivity contribution in [3.8, 4) is 0 Å². The number of carbonyl (C=O) groups excluding carboxylic acids is 1. The highest BCUT2D eigenvalue weighted by Crippen LogP contribution is 2.70. The largest absolute Gasteiger partial charge is 0.299 e. The molecule has 16 heavy (non-hydrogen) atoms. The molecule has 0 heterocycles. The molecule has 2 saturated carbocycles. The standard InChI is InChI=1S/C15H22O/c1-9-5-6-15-8-11(9)14(3,4)13(15)7-12(16)10(15)2/h5,10-11,13H,6-8H2,1-4H3. The van der Waals surface area contributed by atoms with Crippen molar-refractivity contribution in [2.45, 2.75) is 47.0 Å². The zero-order valence-electron chi connectivity index (χ0n) is 10.8. The summed E-state index contributed by atoms with van der Waals surface area (Å²) >= 11 is 0. The SMILES string of the molecule is CC1=CCC23CC1C(C)(C)C2CC(=O)C3C. The first-order valence-electron chi connectivity index (χ1n) is 6.59. The van der Waals surface area contributed by atoms with E-state index >= 15 is 0 Å². The summed E-state index contributed by atoms with van der Waals surface area (Å²) in [5.74, 6) is 2.17. The molecule has 0 aromatic rings. The van der Waals surface area contributed by atoms with Gasteiger partial charge in [-0.05, 0) is 42.4 Å². The molecule has 2 fully saturated rings. The van der Waals surface area contributed by atoms with Crippen molar-refractivity contribution < 1.29 is 4.79 Å². The van der Waals surface area contributed by atoms with Gasteiger partial charge in [-0.2, -0.15) is 0 Å². The van der Waals surface area contributed by atoms with Crippen LogP contribution in [0.2, 0.25) is 0 Å². The quantitative estimate of drug-likeness (QED) is 0.568. The maximum atomic E-state index is 12.0. The summed E-state index contributed by atoms with van der Waals surface area (Å²) < 4.78 is 0. The van der Waals surface area contributed by atoms with Crippen molar-refractivity contribution in [3.63, 3.8) is 0 Å². The second-order valence-electron chi connectivity index (χ2n) is 6.91. The highest BCUT2D eigenvalue weighted by atomic mass is 16.1. The van der Waals surface area contributed by atoms with Gasteiger partial charge in [-0.15, -0.1) is 0 Å². The van der Waals surface area contributed by atoms with Gasteiger partial charge in [-0.25, -0.2) is 0 Å². The molecule has 0 radical (unpaired) electrons. The summed E-state index contributed by atoms with van der Waals surface area (Å²) in [7, 11) is 0. The Morgan fingerprint density at radius 2 is 2.06 bits per heavy atom. The molecule has 0 aliphatic heterocycles. The number of carbonyl (C=O) groups is 1. The molecule has 1 spiro atoms. The second kappa shape index (κ2) is 2.80. The number of hydrogen-bond donors (Lipinski definition) is 0.